The van der Waals surface area contributed by atoms with Gasteiger partial charge in [0.05, 0.1) is 50.5 Å². The Balaban J connectivity index is 1.60. The number of thioether (sulfide) groups is 1. The number of ether oxygens (including phenoxy) is 3. The van der Waals surface area contributed by atoms with E-state index in [2.05, 4.69) is 0 Å². The second-order valence-electron chi connectivity index (χ2n) is 8.93. The van der Waals surface area contributed by atoms with E-state index >= 15 is 0 Å². The number of piperidine rings is 1. The van der Waals surface area contributed by atoms with Crippen molar-refractivity contribution >= 4 is 34.8 Å². The molecule has 9 nitrogen and oxygen atoms in total. The molecular weight excluding hydrogens is 494 g/mol. The zero-order chi connectivity index (χ0) is 26.5. The first-order valence-electron chi connectivity index (χ1n) is 12.6. The molecule has 0 bridgehead atoms. The van der Waals surface area contributed by atoms with Crippen LogP contribution >= 0.6 is 11.8 Å². The number of rotatable bonds is 8. The number of nitrogens with zero attached hydrogens (tertiary/aromatic N) is 3. The van der Waals surface area contributed by atoms with Crippen LogP contribution in [0.15, 0.2) is 51.6 Å². The largest absolute Gasteiger partial charge is 0.496 e. The summed E-state index contributed by atoms with van der Waals surface area (Å²) in [5.74, 6) is -0.208. The van der Waals surface area contributed by atoms with Crippen molar-refractivity contribution < 1.29 is 28.6 Å². The molecule has 10 heteroatoms. The summed E-state index contributed by atoms with van der Waals surface area (Å²) in [6, 6.07) is 7.00. The van der Waals surface area contributed by atoms with Gasteiger partial charge in [0.1, 0.15) is 5.75 Å². The molecule has 1 aromatic rings. The number of esters is 2. The zero-order valence-corrected chi connectivity index (χ0v) is 22.5. The van der Waals surface area contributed by atoms with E-state index in [9.17, 15) is 14.4 Å². The lowest BCUT2D eigenvalue weighted by molar-refractivity contribution is -0.151. The van der Waals surface area contributed by atoms with Crippen molar-refractivity contribution in [3.8, 4) is 5.75 Å². The second kappa shape index (κ2) is 11.9. The van der Waals surface area contributed by atoms with Crippen LogP contribution in [0.25, 0.3) is 0 Å². The number of methoxy groups -OCH3 is 2. The van der Waals surface area contributed by atoms with Crippen LogP contribution in [-0.4, -0.2) is 66.7 Å². The van der Waals surface area contributed by atoms with Gasteiger partial charge in [0.2, 0.25) is 5.91 Å². The van der Waals surface area contributed by atoms with E-state index in [1.165, 1.54) is 18.9 Å². The molecule has 0 radical (unpaired) electrons. The molecule has 0 unspecified atom stereocenters. The topological polar surface area (TPSA) is 97.7 Å². The molecule has 0 aliphatic carbocycles. The van der Waals surface area contributed by atoms with Crippen LogP contribution in [0, 0.1) is 5.92 Å². The normalized spacial score (nSPS) is 19.7. The average Bonchev–Trinajstić information content (AvgIpc) is 3.33. The standard InChI is InChI=1S/C27H33N3O6S/c1-5-20-23(26(33)35-4)24(19-9-7-8-10-21(19)34-3)30-18(16-37-27(30)28-20)15-22(31)29-13-11-17(12-14-29)25(32)36-6-2/h7-10,16-17,24H,5-6,11-15H2,1-4H3/t24-/m1/s1. The van der Waals surface area contributed by atoms with E-state index in [-0.39, 0.29) is 24.2 Å². The summed E-state index contributed by atoms with van der Waals surface area (Å²) >= 11 is 1.44. The van der Waals surface area contributed by atoms with Crippen molar-refractivity contribution in [2.45, 2.75) is 45.6 Å². The maximum absolute atomic E-state index is 13.4. The third-order valence-electron chi connectivity index (χ3n) is 6.86. The summed E-state index contributed by atoms with van der Waals surface area (Å²) in [5, 5.41) is 2.64. The van der Waals surface area contributed by atoms with E-state index < -0.39 is 12.0 Å². The van der Waals surface area contributed by atoms with Gasteiger partial charge in [-0.05, 0) is 37.7 Å². The Hall–Kier alpha value is -3.27. The Labute approximate surface area is 221 Å². The summed E-state index contributed by atoms with van der Waals surface area (Å²) in [5.41, 5.74) is 2.64. The maximum atomic E-state index is 13.4. The number of likely N-dealkylation sites (tertiary alicyclic amines) is 1. The lowest BCUT2D eigenvalue weighted by Gasteiger charge is -2.37. The number of carbonyl (C=O) groups excluding carboxylic acids is 3. The fourth-order valence-corrected chi connectivity index (χ4v) is 5.93. The van der Waals surface area contributed by atoms with Gasteiger partial charge in [0.15, 0.2) is 5.17 Å². The Morgan fingerprint density at radius 3 is 2.49 bits per heavy atom. The highest BCUT2D eigenvalue weighted by molar-refractivity contribution is 8.16. The van der Waals surface area contributed by atoms with Gasteiger partial charge in [-0.15, -0.1) is 0 Å². The summed E-state index contributed by atoms with van der Waals surface area (Å²) in [7, 11) is 2.96. The number of hydrogen-bond acceptors (Lipinski definition) is 9. The van der Waals surface area contributed by atoms with Crippen LogP contribution in [0.1, 0.15) is 51.1 Å². The van der Waals surface area contributed by atoms with Crippen LogP contribution in [0.2, 0.25) is 0 Å². The van der Waals surface area contributed by atoms with Crippen molar-refractivity contribution in [1.82, 2.24) is 9.80 Å². The molecule has 4 rings (SSSR count). The van der Waals surface area contributed by atoms with E-state index in [1.807, 2.05) is 41.5 Å². The summed E-state index contributed by atoms with van der Waals surface area (Å²) in [4.78, 5) is 47.0. The molecule has 3 aliphatic heterocycles. The third-order valence-corrected chi connectivity index (χ3v) is 7.75. The van der Waals surface area contributed by atoms with E-state index in [1.54, 1.807) is 18.9 Å². The molecule has 0 saturated carbocycles. The van der Waals surface area contributed by atoms with Crippen molar-refractivity contribution in [1.29, 1.82) is 0 Å². The monoisotopic (exact) mass is 527 g/mol. The van der Waals surface area contributed by atoms with E-state index in [0.717, 1.165) is 11.3 Å². The first-order chi connectivity index (χ1) is 17.9. The van der Waals surface area contributed by atoms with Crippen molar-refractivity contribution in [2.75, 3.05) is 33.9 Å². The number of allylic oxidation sites excluding steroid dienone is 1. The van der Waals surface area contributed by atoms with Gasteiger partial charge in [-0.3, -0.25) is 9.59 Å². The Morgan fingerprint density at radius 1 is 1.11 bits per heavy atom. The second-order valence-corrected chi connectivity index (χ2v) is 9.76. The average molecular weight is 528 g/mol. The molecule has 3 aliphatic rings. The molecule has 1 saturated heterocycles. The van der Waals surface area contributed by atoms with Crippen LogP contribution in [0.4, 0.5) is 0 Å². The fourth-order valence-electron chi connectivity index (χ4n) is 4.99. The van der Waals surface area contributed by atoms with Gasteiger partial charge >= 0.3 is 11.9 Å². The van der Waals surface area contributed by atoms with Gasteiger partial charge in [-0.1, -0.05) is 36.9 Å². The first kappa shape index (κ1) is 26.8. The van der Waals surface area contributed by atoms with Gasteiger partial charge in [-0.2, -0.15) is 0 Å². The number of aliphatic imine (C=N–C) groups is 1. The minimum absolute atomic E-state index is 0.0286. The quantitative estimate of drug-likeness (QED) is 0.468. The SMILES string of the molecule is CCOC(=O)C1CCN(C(=O)CC2=CSC3=NC(CC)=C(C(=O)OC)[C@@H](c4ccccc4OC)N23)CC1. The van der Waals surface area contributed by atoms with Crippen molar-refractivity contribution in [3.63, 3.8) is 0 Å². The summed E-state index contributed by atoms with van der Waals surface area (Å²) in [6.07, 6.45) is 1.89. The highest BCUT2D eigenvalue weighted by Gasteiger charge is 2.43. The number of benzene rings is 1. The molecule has 37 heavy (non-hydrogen) atoms. The Bertz CT molecular complexity index is 1150. The molecule has 1 fully saturated rings. The van der Waals surface area contributed by atoms with Gasteiger partial charge in [0, 0.05) is 24.4 Å². The summed E-state index contributed by atoms with van der Waals surface area (Å²) in [6.45, 7) is 5.12. The van der Waals surface area contributed by atoms with Gasteiger partial charge in [0.25, 0.3) is 0 Å². The van der Waals surface area contributed by atoms with Crippen molar-refractivity contribution in [2.24, 2.45) is 10.9 Å². The fraction of sp³-hybridized carbons (Fsp3) is 0.481. The lowest BCUT2D eigenvalue weighted by Crippen LogP contribution is -2.42. The smallest absolute Gasteiger partial charge is 0.338 e. The lowest BCUT2D eigenvalue weighted by atomic mass is 9.92. The minimum atomic E-state index is -0.547. The van der Waals surface area contributed by atoms with Crippen LogP contribution in [-0.2, 0) is 23.9 Å². The van der Waals surface area contributed by atoms with Gasteiger partial charge < -0.3 is 24.0 Å². The molecule has 0 spiro atoms. The van der Waals surface area contributed by atoms with Crippen LogP contribution in [0.5, 0.6) is 5.75 Å². The molecular formula is C27H33N3O6S. The van der Waals surface area contributed by atoms with Crippen molar-refractivity contribution in [3.05, 3.63) is 52.2 Å². The number of fused-ring (bicyclic) bond motifs is 1. The van der Waals surface area contributed by atoms with E-state index in [0.29, 0.717) is 61.1 Å². The number of amidine groups is 1. The number of carbonyl (C=O) groups is 3. The van der Waals surface area contributed by atoms with E-state index in [4.69, 9.17) is 19.2 Å². The number of hydrogen-bond donors (Lipinski definition) is 0. The molecule has 198 valence electrons. The molecule has 1 amide bonds. The highest BCUT2D eigenvalue weighted by atomic mass is 32.2. The molecule has 1 aromatic carbocycles. The Morgan fingerprint density at radius 2 is 1.84 bits per heavy atom. The Kier molecular flexibility index (Phi) is 8.58. The number of para-hydroxylation sites is 1. The molecule has 0 aromatic heterocycles. The van der Waals surface area contributed by atoms with Crippen LogP contribution in [0.3, 0.4) is 0 Å². The predicted octanol–water partition coefficient (Wildman–Crippen LogP) is 4.03. The predicted molar refractivity (Wildman–Crippen MR) is 141 cm³/mol. The zero-order valence-electron chi connectivity index (χ0n) is 21.7. The van der Waals surface area contributed by atoms with Gasteiger partial charge in [-0.25, -0.2) is 9.79 Å². The van der Waals surface area contributed by atoms with Crippen LogP contribution < -0.4 is 4.74 Å². The minimum Gasteiger partial charge on any atom is -0.496 e. The maximum Gasteiger partial charge on any atom is 0.338 e. The number of amides is 1. The molecule has 1 atom stereocenters. The molecule has 3 heterocycles. The highest BCUT2D eigenvalue weighted by Crippen LogP contribution is 2.47. The summed E-state index contributed by atoms with van der Waals surface area (Å²) < 4.78 is 16.0. The molecule has 0 N–H and O–H groups in total. The third kappa shape index (κ3) is 5.39. The first-order valence-corrected chi connectivity index (χ1v) is 13.4.